The van der Waals surface area contributed by atoms with Crippen molar-refractivity contribution in [1.82, 2.24) is 15.1 Å². The SMILES string of the molecule is C=CC[C@@H]1CC=C[C@@H](CC=C)N1C(=O)CSc1nnc(N)s1. The molecule has 22 heavy (non-hydrogen) atoms. The number of hydrogen-bond acceptors (Lipinski definition) is 6. The van der Waals surface area contributed by atoms with Crippen LogP contribution in [0.4, 0.5) is 5.13 Å². The summed E-state index contributed by atoms with van der Waals surface area (Å²) in [5.74, 6) is 0.436. The fourth-order valence-electron chi connectivity index (χ4n) is 2.50. The minimum atomic E-state index is 0.0730. The summed E-state index contributed by atoms with van der Waals surface area (Å²) in [4.78, 5) is 14.6. The highest BCUT2D eigenvalue weighted by atomic mass is 32.2. The third kappa shape index (κ3) is 4.20. The number of nitrogens with zero attached hydrogens (tertiary/aromatic N) is 3. The molecular formula is C15H20N4OS2. The second-order valence-electron chi connectivity index (χ2n) is 4.93. The summed E-state index contributed by atoms with van der Waals surface area (Å²) < 4.78 is 0.721. The van der Waals surface area contributed by atoms with Crippen molar-refractivity contribution in [1.29, 1.82) is 0 Å². The van der Waals surface area contributed by atoms with Crippen LogP contribution in [0.15, 0.2) is 41.8 Å². The molecule has 0 radical (unpaired) electrons. The number of nitrogens with two attached hydrogens (primary N) is 1. The van der Waals surface area contributed by atoms with Crippen LogP contribution in [0.5, 0.6) is 0 Å². The van der Waals surface area contributed by atoms with Gasteiger partial charge >= 0.3 is 0 Å². The predicted octanol–water partition coefficient (Wildman–Crippen LogP) is 2.89. The lowest BCUT2D eigenvalue weighted by atomic mass is 9.97. The maximum Gasteiger partial charge on any atom is 0.233 e. The first kappa shape index (κ1) is 16.8. The highest BCUT2D eigenvalue weighted by molar-refractivity contribution is 8.01. The van der Waals surface area contributed by atoms with Crippen molar-refractivity contribution in [2.45, 2.75) is 35.7 Å². The van der Waals surface area contributed by atoms with Crippen LogP contribution in [0.3, 0.4) is 0 Å². The van der Waals surface area contributed by atoms with E-state index < -0.39 is 0 Å². The number of nitrogen functional groups attached to an aromatic ring is 1. The Balaban J connectivity index is 2.05. The van der Waals surface area contributed by atoms with Crippen molar-refractivity contribution in [3.05, 3.63) is 37.5 Å². The van der Waals surface area contributed by atoms with E-state index in [-0.39, 0.29) is 18.0 Å². The molecular weight excluding hydrogens is 316 g/mol. The van der Waals surface area contributed by atoms with Gasteiger partial charge in [-0.15, -0.1) is 23.4 Å². The number of anilines is 1. The molecule has 2 rings (SSSR count). The molecule has 1 amide bonds. The molecule has 118 valence electrons. The van der Waals surface area contributed by atoms with Gasteiger partial charge in [0.15, 0.2) is 4.34 Å². The first-order chi connectivity index (χ1) is 10.7. The van der Waals surface area contributed by atoms with E-state index in [1.807, 2.05) is 17.1 Å². The molecule has 0 unspecified atom stereocenters. The van der Waals surface area contributed by atoms with Gasteiger partial charge in [0.05, 0.1) is 11.8 Å². The minimum absolute atomic E-state index is 0.0730. The van der Waals surface area contributed by atoms with Crippen molar-refractivity contribution in [3.63, 3.8) is 0 Å². The van der Waals surface area contributed by atoms with Gasteiger partial charge in [0.2, 0.25) is 11.0 Å². The molecule has 0 aromatic carbocycles. The van der Waals surface area contributed by atoms with E-state index in [4.69, 9.17) is 5.73 Å². The fraction of sp³-hybridized carbons (Fsp3) is 0.400. The average Bonchev–Trinajstić information content (AvgIpc) is 2.91. The summed E-state index contributed by atoms with van der Waals surface area (Å²) in [6.07, 6.45) is 10.4. The number of rotatable bonds is 7. The number of thioether (sulfide) groups is 1. The lowest BCUT2D eigenvalue weighted by molar-refractivity contribution is -0.132. The quantitative estimate of drug-likeness (QED) is 0.612. The third-order valence-electron chi connectivity index (χ3n) is 3.39. The van der Waals surface area contributed by atoms with Gasteiger partial charge in [-0.05, 0) is 19.3 Å². The lowest BCUT2D eigenvalue weighted by Crippen LogP contribution is -2.48. The highest BCUT2D eigenvalue weighted by Crippen LogP contribution is 2.27. The van der Waals surface area contributed by atoms with E-state index in [9.17, 15) is 4.79 Å². The average molecular weight is 336 g/mol. The maximum absolute atomic E-state index is 12.7. The summed E-state index contributed by atoms with van der Waals surface area (Å²) >= 11 is 2.68. The van der Waals surface area contributed by atoms with Crippen molar-refractivity contribution in [3.8, 4) is 0 Å². The van der Waals surface area contributed by atoms with Gasteiger partial charge in [-0.1, -0.05) is 47.4 Å². The third-order valence-corrected chi connectivity index (χ3v) is 5.26. The van der Waals surface area contributed by atoms with Crippen LogP contribution in [0.2, 0.25) is 0 Å². The van der Waals surface area contributed by atoms with Crippen LogP contribution in [0.1, 0.15) is 19.3 Å². The molecule has 0 fully saturated rings. The zero-order valence-corrected chi connectivity index (χ0v) is 14.0. The Morgan fingerprint density at radius 3 is 2.86 bits per heavy atom. The summed E-state index contributed by atoms with van der Waals surface area (Å²) in [6.45, 7) is 7.59. The molecule has 0 saturated heterocycles. The highest BCUT2D eigenvalue weighted by Gasteiger charge is 2.30. The first-order valence-electron chi connectivity index (χ1n) is 7.07. The standard InChI is InChI=1S/C15H20N4OS2/c1-3-6-11-8-5-9-12(7-4-2)19(11)13(20)10-21-15-18-17-14(16)22-15/h3-5,8,11-12H,1-2,6-7,9-10H2,(H2,16,17)/t11-,12-/m1/s1. The maximum atomic E-state index is 12.7. The molecule has 1 aliphatic heterocycles. The van der Waals surface area contributed by atoms with Crippen LogP contribution in [-0.4, -0.2) is 38.8 Å². The zero-order chi connectivity index (χ0) is 15.9. The molecule has 5 nitrogen and oxygen atoms in total. The number of carbonyl (C=O) groups excluding carboxylic acids is 1. The van der Waals surface area contributed by atoms with E-state index in [1.54, 1.807) is 0 Å². The Morgan fingerprint density at radius 2 is 2.23 bits per heavy atom. The molecule has 0 aliphatic carbocycles. The molecule has 0 saturated carbocycles. The molecule has 2 atom stereocenters. The monoisotopic (exact) mass is 336 g/mol. The Labute approximate surface area is 139 Å². The number of carbonyl (C=O) groups is 1. The molecule has 0 bridgehead atoms. The summed E-state index contributed by atoms with van der Waals surface area (Å²) in [5, 5.41) is 8.11. The van der Waals surface area contributed by atoms with Crippen LogP contribution in [0.25, 0.3) is 0 Å². The molecule has 2 N–H and O–H groups in total. The van der Waals surface area contributed by atoms with E-state index in [0.717, 1.165) is 23.6 Å². The fourth-order valence-corrected chi connectivity index (χ4v) is 4.01. The van der Waals surface area contributed by atoms with Crippen molar-refractivity contribution in [2.75, 3.05) is 11.5 Å². The van der Waals surface area contributed by atoms with E-state index >= 15 is 0 Å². The Morgan fingerprint density at radius 1 is 1.45 bits per heavy atom. The van der Waals surface area contributed by atoms with Gasteiger partial charge < -0.3 is 10.6 Å². The van der Waals surface area contributed by atoms with Gasteiger partial charge in [0.25, 0.3) is 0 Å². The lowest BCUT2D eigenvalue weighted by Gasteiger charge is -2.38. The molecule has 1 aromatic rings. The smallest absolute Gasteiger partial charge is 0.233 e. The molecule has 7 heteroatoms. The van der Waals surface area contributed by atoms with Crippen LogP contribution in [-0.2, 0) is 4.79 Å². The van der Waals surface area contributed by atoms with Gasteiger partial charge in [-0.3, -0.25) is 4.79 Å². The normalized spacial score (nSPS) is 20.8. The zero-order valence-electron chi connectivity index (χ0n) is 12.4. The minimum Gasteiger partial charge on any atom is -0.374 e. The van der Waals surface area contributed by atoms with Crippen molar-refractivity contribution >= 4 is 34.1 Å². The van der Waals surface area contributed by atoms with Gasteiger partial charge in [-0.25, -0.2) is 0 Å². The second-order valence-corrected chi connectivity index (χ2v) is 7.16. The number of amides is 1. The Bertz CT molecular complexity index is 570. The molecule has 2 heterocycles. The van der Waals surface area contributed by atoms with E-state index in [1.165, 1.54) is 23.1 Å². The Kier molecular flexibility index (Phi) is 6.21. The van der Waals surface area contributed by atoms with E-state index in [0.29, 0.717) is 10.9 Å². The van der Waals surface area contributed by atoms with Crippen LogP contribution < -0.4 is 5.73 Å². The topological polar surface area (TPSA) is 72.1 Å². The Hall–Kier alpha value is -1.60. The van der Waals surface area contributed by atoms with Crippen LogP contribution in [0, 0.1) is 0 Å². The van der Waals surface area contributed by atoms with Crippen LogP contribution >= 0.6 is 23.1 Å². The predicted molar refractivity (Wildman–Crippen MR) is 92.9 cm³/mol. The van der Waals surface area contributed by atoms with Gasteiger partial charge in [-0.2, -0.15) is 0 Å². The molecule has 1 aliphatic rings. The first-order valence-corrected chi connectivity index (χ1v) is 8.87. The summed E-state index contributed by atoms with van der Waals surface area (Å²) in [6, 6.07) is 0.240. The summed E-state index contributed by atoms with van der Waals surface area (Å²) in [5.41, 5.74) is 5.56. The van der Waals surface area contributed by atoms with Gasteiger partial charge in [0, 0.05) is 6.04 Å². The number of aromatic nitrogens is 2. The van der Waals surface area contributed by atoms with E-state index in [2.05, 4.69) is 35.5 Å². The van der Waals surface area contributed by atoms with Crippen molar-refractivity contribution in [2.24, 2.45) is 0 Å². The second kappa shape index (κ2) is 8.14. The van der Waals surface area contributed by atoms with Crippen molar-refractivity contribution < 1.29 is 4.79 Å². The molecule has 0 spiro atoms. The molecule has 1 aromatic heterocycles. The van der Waals surface area contributed by atoms with Gasteiger partial charge in [0.1, 0.15) is 0 Å². The summed E-state index contributed by atoms with van der Waals surface area (Å²) in [7, 11) is 0. The number of hydrogen-bond donors (Lipinski definition) is 1. The largest absolute Gasteiger partial charge is 0.374 e.